The Morgan fingerprint density at radius 2 is 1.69 bits per heavy atom. The zero-order valence-corrected chi connectivity index (χ0v) is 18.9. The summed E-state index contributed by atoms with van der Waals surface area (Å²) in [5, 5.41) is 19.5. The molecule has 184 valence electrons. The molecule has 0 amide bonds. The molecule has 0 spiro atoms. The fourth-order valence-electron chi connectivity index (χ4n) is 4.09. The predicted octanol–water partition coefficient (Wildman–Crippen LogP) is 3.89. The number of hydrogen-bond acceptors (Lipinski definition) is 6. The molecule has 1 heterocycles. The number of nitrogens with two attached hydrogens (primary N) is 2. The molecule has 1 aliphatic rings. The molecule has 0 bridgehead atoms. The Kier molecular flexibility index (Phi) is 6.86. The van der Waals surface area contributed by atoms with E-state index in [1.165, 1.54) is 12.1 Å². The Labute approximate surface area is 201 Å². The molecule has 6 N–H and O–H groups in total. The highest BCUT2D eigenvalue weighted by Crippen LogP contribution is 2.31. The van der Waals surface area contributed by atoms with Crippen molar-refractivity contribution in [3.8, 4) is 0 Å². The number of halogens is 3. The molecule has 1 atom stereocenters. The molecule has 10 heteroatoms. The van der Waals surface area contributed by atoms with E-state index in [0.717, 1.165) is 22.9 Å². The summed E-state index contributed by atoms with van der Waals surface area (Å²) >= 11 is 0. The summed E-state index contributed by atoms with van der Waals surface area (Å²) in [6, 6.07) is 21.5. The number of para-hydroxylation sites is 2. The highest BCUT2D eigenvalue weighted by molar-refractivity contribution is 6.02. The Morgan fingerprint density at radius 3 is 2.37 bits per heavy atom. The second-order valence-electron chi connectivity index (χ2n) is 8.56. The Morgan fingerprint density at radius 1 is 1.03 bits per heavy atom. The van der Waals surface area contributed by atoms with Crippen molar-refractivity contribution in [2.75, 3.05) is 29.9 Å². The van der Waals surface area contributed by atoms with Gasteiger partial charge in [-0.3, -0.25) is 0 Å². The Hall–Kier alpha value is -3.76. The molecule has 0 aromatic heterocycles. The molecule has 1 saturated heterocycles. The van der Waals surface area contributed by atoms with E-state index in [2.05, 4.69) is 15.3 Å². The SMILES string of the molecule is N/C(=N\N(N)CC1(O)CCN(c2ccccc2)C1)c1ccccc1Nc1ccc(C(F)(F)F)cc1. The number of β-amino-alcohol motifs (C(OH)–C–C–N with tert-alkyl or cyclic N) is 1. The quantitative estimate of drug-likeness (QED) is 0.176. The van der Waals surface area contributed by atoms with Crippen LogP contribution in [0.4, 0.5) is 30.2 Å². The first kappa shape index (κ1) is 24.4. The summed E-state index contributed by atoms with van der Waals surface area (Å²) in [6.07, 6.45) is -3.88. The van der Waals surface area contributed by atoms with Crippen molar-refractivity contribution in [3.05, 3.63) is 90.0 Å². The number of benzene rings is 3. The van der Waals surface area contributed by atoms with Crippen molar-refractivity contribution < 1.29 is 18.3 Å². The molecule has 1 aliphatic heterocycles. The lowest BCUT2D eigenvalue weighted by atomic mass is 10.0. The molecule has 0 radical (unpaired) electrons. The largest absolute Gasteiger partial charge is 0.416 e. The number of rotatable bonds is 7. The van der Waals surface area contributed by atoms with Gasteiger partial charge < -0.3 is 21.1 Å². The fourth-order valence-corrected chi connectivity index (χ4v) is 4.09. The lowest BCUT2D eigenvalue weighted by Gasteiger charge is -2.27. The number of nitrogens with zero attached hydrogens (tertiary/aromatic N) is 3. The van der Waals surface area contributed by atoms with E-state index in [4.69, 9.17) is 11.6 Å². The van der Waals surface area contributed by atoms with Crippen molar-refractivity contribution in [2.24, 2.45) is 16.7 Å². The van der Waals surface area contributed by atoms with Gasteiger partial charge in [-0.25, -0.2) is 11.0 Å². The van der Waals surface area contributed by atoms with Crippen LogP contribution in [0.15, 0.2) is 84.0 Å². The minimum absolute atomic E-state index is 0.0749. The van der Waals surface area contributed by atoms with Gasteiger partial charge in [-0.1, -0.05) is 30.3 Å². The third-order valence-electron chi connectivity index (χ3n) is 5.84. The molecule has 7 nitrogen and oxygen atoms in total. The van der Waals surface area contributed by atoms with E-state index in [1.54, 1.807) is 24.3 Å². The van der Waals surface area contributed by atoms with Gasteiger partial charge >= 0.3 is 6.18 Å². The van der Waals surface area contributed by atoms with E-state index in [0.29, 0.717) is 36.4 Å². The number of hydrazone groups is 1. The van der Waals surface area contributed by atoms with E-state index in [9.17, 15) is 18.3 Å². The minimum atomic E-state index is -4.40. The van der Waals surface area contributed by atoms with Crippen molar-refractivity contribution in [2.45, 2.75) is 18.2 Å². The smallest absolute Gasteiger partial charge is 0.386 e. The van der Waals surface area contributed by atoms with Crippen LogP contribution in [0.5, 0.6) is 0 Å². The Bertz CT molecular complexity index is 1170. The number of nitrogens with one attached hydrogen (secondary N) is 1. The van der Waals surface area contributed by atoms with E-state index in [-0.39, 0.29) is 12.4 Å². The van der Waals surface area contributed by atoms with Crippen LogP contribution in [-0.4, -0.2) is 41.3 Å². The molecule has 3 aromatic rings. The molecule has 0 aliphatic carbocycles. The summed E-state index contributed by atoms with van der Waals surface area (Å²) in [5.74, 6) is 6.18. The van der Waals surface area contributed by atoms with E-state index < -0.39 is 17.3 Å². The molecule has 3 aromatic carbocycles. The van der Waals surface area contributed by atoms with Gasteiger partial charge in [0.05, 0.1) is 12.1 Å². The van der Waals surface area contributed by atoms with E-state index >= 15 is 0 Å². The Balaban J connectivity index is 1.44. The lowest BCUT2D eigenvalue weighted by Crippen LogP contribution is -2.46. The van der Waals surface area contributed by atoms with Gasteiger partial charge in [0.25, 0.3) is 0 Å². The average Bonchev–Trinajstić information content (AvgIpc) is 3.21. The van der Waals surface area contributed by atoms with Gasteiger partial charge in [0.15, 0.2) is 5.84 Å². The summed E-state index contributed by atoms with van der Waals surface area (Å²) in [5.41, 5.74) is 6.98. The highest BCUT2D eigenvalue weighted by atomic mass is 19.4. The van der Waals surface area contributed by atoms with Gasteiger partial charge in [-0.05, 0) is 55.0 Å². The summed E-state index contributed by atoms with van der Waals surface area (Å²) in [6.45, 7) is 1.17. The maximum absolute atomic E-state index is 12.8. The van der Waals surface area contributed by atoms with Crippen molar-refractivity contribution >= 4 is 22.9 Å². The monoisotopic (exact) mass is 484 g/mol. The molecule has 35 heavy (non-hydrogen) atoms. The van der Waals surface area contributed by atoms with Crippen LogP contribution in [0, 0.1) is 0 Å². The molecular formula is C25H27F3N6O. The molecular weight excluding hydrogens is 457 g/mol. The van der Waals surface area contributed by atoms with Crippen molar-refractivity contribution in [1.82, 2.24) is 5.12 Å². The first-order valence-electron chi connectivity index (χ1n) is 11.1. The highest BCUT2D eigenvalue weighted by Gasteiger charge is 2.37. The minimum Gasteiger partial charge on any atom is -0.386 e. The number of anilines is 3. The first-order valence-corrected chi connectivity index (χ1v) is 11.1. The van der Waals surface area contributed by atoms with Gasteiger partial charge in [0.2, 0.25) is 0 Å². The lowest BCUT2D eigenvalue weighted by molar-refractivity contribution is -0.137. The normalized spacial score (nSPS) is 18.5. The number of alkyl halides is 3. The molecule has 4 rings (SSSR count). The van der Waals surface area contributed by atoms with Crippen LogP contribution in [0.1, 0.15) is 17.5 Å². The first-order chi connectivity index (χ1) is 16.6. The fraction of sp³-hybridized carbons (Fsp3) is 0.240. The maximum atomic E-state index is 12.8. The summed E-state index contributed by atoms with van der Waals surface area (Å²) in [7, 11) is 0. The van der Waals surface area contributed by atoms with Crippen LogP contribution in [0.2, 0.25) is 0 Å². The van der Waals surface area contributed by atoms with Crippen LogP contribution in [-0.2, 0) is 6.18 Å². The van der Waals surface area contributed by atoms with Crippen LogP contribution in [0.25, 0.3) is 0 Å². The summed E-state index contributed by atoms with van der Waals surface area (Å²) in [4.78, 5) is 2.09. The third-order valence-corrected chi connectivity index (χ3v) is 5.84. The number of aliphatic hydroxyl groups is 1. The predicted molar refractivity (Wildman–Crippen MR) is 131 cm³/mol. The van der Waals surface area contributed by atoms with Gasteiger partial charge in [0.1, 0.15) is 5.60 Å². The van der Waals surface area contributed by atoms with Gasteiger partial charge in [0, 0.05) is 35.7 Å². The molecule has 1 unspecified atom stereocenters. The summed E-state index contributed by atoms with van der Waals surface area (Å²) < 4.78 is 38.5. The zero-order chi connectivity index (χ0) is 25.1. The van der Waals surface area contributed by atoms with Gasteiger partial charge in [-0.2, -0.15) is 13.2 Å². The maximum Gasteiger partial charge on any atom is 0.416 e. The van der Waals surface area contributed by atoms with E-state index in [1.807, 2.05) is 30.3 Å². The van der Waals surface area contributed by atoms with Crippen molar-refractivity contribution in [3.63, 3.8) is 0 Å². The van der Waals surface area contributed by atoms with Crippen LogP contribution in [0.3, 0.4) is 0 Å². The molecule has 1 fully saturated rings. The molecule has 0 saturated carbocycles. The zero-order valence-electron chi connectivity index (χ0n) is 18.9. The number of hydrazine groups is 1. The average molecular weight is 485 g/mol. The van der Waals surface area contributed by atoms with Crippen molar-refractivity contribution in [1.29, 1.82) is 0 Å². The van der Waals surface area contributed by atoms with Gasteiger partial charge in [-0.15, -0.1) is 5.10 Å². The topological polar surface area (TPSA) is 103 Å². The standard InChI is InChI=1S/C25H27F3N6O/c26-25(27,28)18-10-12-19(13-11-18)31-22-9-5-4-8-21(22)23(29)32-34(30)17-24(35)14-15-33(16-24)20-6-2-1-3-7-20/h1-13,31,35H,14-17,30H2,(H2,29,32). The second kappa shape index (κ2) is 9.85. The third kappa shape index (κ3) is 6.03. The number of hydrogen-bond donors (Lipinski definition) is 4. The van der Waals surface area contributed by atoms with Crippen LogP contribution >= 0.6 is 0 Å². The number of amidine groups is 1. The second-order valence-corrected chi connectivity index (χ2v) is 8.56. The van der Waals surface area contributed by atoms with Crippen LogP contribution < -0.4 is 21.8 Å².